The van der Waals surface area contributed by atoms with E-state index in [2.05, 4.69) is 54.7 Å². The lowest BCUT2D eigenvalue weighted by Crippen LogP contribution is -2.14. The van der Waals surface area contributed by atoms with E-state index in [0.29, 0.717) is 0 Å². The zero-order valence-corrected chi connectivity index (χ0v) is 9.58. The van der Waals surface area contributed by atoms with Crippen LogP contribution in [0.1, 0.15) is 31.7 Å². The maximum atomic E-state index is 3.44. The zero-order valence-electron chi connectivity index (χ0n) is 9.58. The third kappa shape index (κ3) is 6.08. The largest absolute Gasteiger partial charge is 0.313 e. The van der Waals surface area contributed by atoms with Crippen molar-refractivity contribution in [1.29, 1.82) is 0 Å². The molecular weight excluding hydrogens is 182 g/mol. The van der Waals surface area contributed by atoms with Gasteiger partial charge in [0.1, 0.15) is 0 Å². The fourth-order valence-corrected chi connectivity index (χ4v) is 1.46. The predicted molar refractivity (Wildman–Crippen MR) is 66.8 cm³/mol. The first-order chi connectivity index (χ1) is 7.43. The zero-order chi connectivity index (χ0) is 10.8. The molecule has 0 saturated heterocycles. The average Bonchev–Trinajstić information content (AvgIpc) is 2.29. The molecule has 0 aliphatic rings. The molecule has 0 amide bonds. The van der Waals surface area contributed by atoms with Gasteiger partial charge in [-0.1, -0.05) is 49.4 Å². The summed E-state index contributed by atoms with van der Waals surface area (Å²) in [6, 6.07) is 10.5. The van der Waals surface area contributed by atoms with Crippen molar-refractivity contribution in [2.75, 3.05) is 6.54 Å². The van der Waals surface area contributed by atoms with E-state index in [0.717, 1.165) is 19.5 Å². The quantitative estimate of drug-likeness (QED) is 0.528. The average molecular weight is 203 g/mol. The molecule has 1 N–H and O–H groups in total. The number of rotatable bonds is 7. The molecule has 1 heteroatoms. The maximum Gasteiger partial charge on any atom is 0.0205 e. The highest BCUT2D eigenvalue weighted by Gasteiger charge is 1.89. The summed E-state index contributed by atoms with van der Waals surface area (Å²) in [6.07, 6.45) is 8.07. The van der Waals surface area contributed by atoms with Crippen LogP contribution in [0, 0.1) is 0 Å². The molecule has 0 fully saturated rings. The van der Waals surface area contributed by atoms with Gasteiger partial charge in [0.2, 0.25) is 0 Å². The highest BCUT2D eigenvalue weighted by molar-refractivity contribution is 5.14. The van der Waals surface area contributed by atoms with Gasteiger partial charge >= 0.3 is 0 Å². The minimum absolute atomic E-state index is 0.984. The molecule has 0 atom stereocenters. The first kappa shape index (κ1) is 12.0. The van der Waals surface area contributed by atoms with Gasteiger partial charge in [0.25, 0.3) is 0 Å². The summed E-state index contributed by atoms with van der Waals surface area (Å²) in [6.45, 7) is 4.26. The Bertz CT molecular complexity index is 264. The Labute approximate surface area is 93.2 Å². The Morgan fingerprint density at radius 3 is 2.67 bits per heavy atom. The van der Waals surface area contributed by atoms with Crippen LogP contribution in [0.2, 0.25) is 0 Å². The molecule has 0 spiro atoms. The lowest BCUT2D eigenvalue weighted by Gasteiger charge is -2.03. The van der Waals surface area contributed by atoms with E-state index in [9.17, 15) is 0 Å². The summed E-state index contributed by atoms with van der Waals surface area (Å²) >= 11 is 0. The minimum atomic E-state index is 0.984. The summed E-state index contributed by atoms with van der Waals surface area (Å²) in [5.74, 6) is 0. The van der Waals surface area contributed by atoms with E-state index < -0.39 is 0 Å². The van der Waals surface area contributed by atoms with Crippen LogP contribution < -0.4 is 5.32 Å². The molecule has 0 aliphatic heterocycles. The van der Waals surface area contributed by atoms with Crippen molar-refractivity contribution in [3.8, 4) is 0 Å². The van der Waals surface area contributed by atoms with Crippen LogP contribution in [0.3, 0.4) is 0 Å². The molecular formula is C14H21N. The van der Waals surface area contributed by atoms with E-state index >= 15 is 0 Å². The van der Waals surface area contributed by atoms with Gasteiger partial charge in [-0.2, -0.15) is 0 Å². The number of unbranched alkanes of at least 4 members (excludes halogenated alkanes) is 1. The van der Waals surface area contributed by atoms with Crippen molar-refractivity contribution in [1.82, 2.24) is 5.32 Å². The van der Waals surface area contributed by atoms with E-state index in [1.807, 2.05) is 0 Å². The van der Waals surface area contributed by atoms with Gasteiger partial charge in [0.05, 0.1) is 0 Å². The topological polar surface area (TPSA) is 12.0 Å². The first-order valence-electron chi connectivity index (χ1n) is 5.83. The molecule has 0 heterocycles. The standard InChI is InChI=1S/C14H21N/c1-2-3-4-5-9-12-15-13-14-10-7-6-8-11-14/h3-4,6-8,10-11,15H,2,5,9,12-13H2,1H3/b4-3-. The van der Waals surface area contributed by atoms with Crippen LogP contribution in [0.25, 0.3) is 0 Å². The summed E-state index contributed by atoms with van der Waals surface area (Å²) in [5.41, 5.74) is 1.36. The van der Waals surface area contributed by atoms with E-state index in [1.54, 1.807) is 0 Å². The monoisotopic (exact) mass is 203 g/mol. The second kappa shape index (κ2) is 8.25. The molecule has 1 aromatic rings. The fourth-order valence-electron chi connectivity index (χ4n) is 1.46. The van der Waals surface area contributed by atoms with E-state index in [1.165, 1.54) is 18.4 Å². The predicted octanol–water partition coefficient (Wildman–Crippen LogP) is 3.52. The van der Waals surface area contributed by atoms with Gasteiger partial charge in [-0.15, -0.1) is 0 Å². The summed E-state index contributed by atoms with van der Waals surface area (Å²) in [4.78, 5) is 0. The van der Waals surface area contributed by atoms with Crippen LogP contribution in [-0.4, -0.2) is 6.54 Å². The van der Waals surface area contributed by atoms with E-state index in [-0.39, 0.29) is 0 Å². The minimum Gasteiger partial charge on any atom is -0.313 e. The second-order valence-corrected chi connectivity index (χ2v) is 3.68. The molecule has 82 valence electrons. The number of allylic oxidation sites excluding steroid dienone is 2. The number of nitrogens with one attached hydrogen (secondary N) is 1. The number of hydrogen-bond donors (Lipinski definition) is 1. The maximum absolute atomic E-state index is 3.44. The Kier molecular flexibility index (Phi) is 6.59. The number of benzene rings is 1. The third-order valence-electron chi connectivity index (χ3n) is 2.30. The second-order valence-electron chi connectivity index (χ2n) is 3.68. The van der Waals surface area contributed by atoms with Gasteiger partial charge in [0, 0.05) is 6.54 Å². The van der Waals surface area contributed by atoms with Crippen LogP contribution >= 0.6 is 0 Å². The molecule has 1 nitrogen and oxygen atoms in total. The Morgan fingerprint density at radius 1 is 1.13 bits per heavy atom. The Morgan fingerprint density at radius 2 is 1.93 bits per heavy atom. The lowest BCUT2D eigenvalue weighted by atomic mass is 10.2. The Hall–Kier alpha value is -1.08. The van der Waals surface area contributed by atoms with Crippen molar-refractivity contribution in [2.45, 2.75) is 32.7 Å². The lowest BCUT2D eigenvalue weighted by molar-refractivity contribution is 0.655. The van der Waals surface area contributed by atoms with Crippen molar-refractivity contribution in [3.63, 3.8) is 0 Å². The normalized spacial score (nSPS) is 11.0. The van der Waals surface area contributed by atoms with Crippen molar-refractivity contribution >= 4 is 0 Å². The fraction of sp³-hybridized carbons (Fsp3) is 0.429. The molecule has 0 unspecified atom stereocenters. The molecule has 15 heavy (non-hydrogen) atoms. The molecule has 0 bridgehead atoms. The molecule has 0 radical (unpaired) electrons. The van der Waals surface area contributed by atoms with Gasteiger partial charge < -0.3 is 5.32 Å². The number of hydrogen-bond acceptors (Lipinski definition) is 1. The van der Waals surface area contributed by atoms with Gasteiger partial charge in [0.15, 0.2) is 0 Å². The van der Waals surface area contributed by atoms with Crippen LogP contribution in [0.5, 0.6) is 0 Å². The van der Waals surface area contributed by atoms with Gasteiger partial charge in [-0.3, -0.25) is 0 Å². The van der Waals surface area contributed by atoms with Crippen molar-refractivity contribution < 1.29 is 0 Å². The molecule has 1 aromatic carbocycles. The van der Waals surface area contributed by atoms with Gasteiger partial charge in [-0.05, 0) is 31.4 Å². The summed E-state index contributed by atoms with van der Waals surface area (Å²) < 4.78 is 0. The van der Waals surface area contributed by atoms with Crippen LogP contribution in [0.4, 0.5) is 0 Å². The highest BCUT2D eigenvalue weighted by atomic mass is 14.8. The molecule has 1 rings (SSSR count). The smallest absolute Gasteiger partial charge is 0.0205 e. The molecule has 0 aromatic heterocycles. The van der Waals surface area contributed by atoms with E-state index in [4.69, 9.17) is 0 Å². The van der Waals surface area contributed by atoms with Crippen molar-refractivity contribution in [3.05, 3.63) is 48.0 Å². The van der Waals surface area contributed by atoms with Crippen LogP contribution in [0.15, 0.2) is 42.5 Å². The SMILES string of the molecule is CC/C=C\CCCNCc1ccccc1. The molecule has 0 saturated carbocycles. The highest BCUT2D eigenvalue weighted by Crippen LogP contribution is 1.97. The van der Waals surface area contributed by atoms with Crippen LogP contribution in [-0.2, 0) is 6.54 Å². The Balaban J connectivity index is 2.00. The summed E-state index contributed by atoms with van der Waals surface area (Å²) in [7, 11) is 0. The third-order valence-corrected chi connectivity index (χ3v) is 2.30. The van der Waals surface area contributed by atoms with Crippen molar-refractivity contribution in [2.24, 2.45) is 0 Å². The first-order valence-corrected chi connectivity index (χ1v) is 5.83. The summed E-state index contributed by atoms with van der Waals surface area (Å²) in [5, 5.41) is 3.44. The molecule has 0 aliphatic carbocycles. The van der Waals surface area contributed by atoms with Gasteiger partial charge in [-0.25, -0.2) is 0 Å².